The number of nitrogens with zero attached hydrogens (tertiary/aromatic N) is 3. The first kappa shape index (κ1) is 17.9. The van der Waals surface area contributed by atoms with E-state index in [2.05, 4.69) is 50.3 Å². The monoisotopic (exact) mass is 488 g/mol. The Labute approximate surface area is 176 Å². The number of carbonyl (C=O) groups excluding carboxylic acids is 1. The number of halogens is 1. The number of benzene rings is 1. The van der Waals surface area contributed by atoms with Gasteiger partial charge in [-0.3, -0.25) is 4.79 Å². The number of hydrogen-bond donors (Lipinski definition) is 1. The Morgan fingerprint density at radius 2 is 2.04 bits per heavy atom. The molecule has 1 N–H and O–H groups in total. The third-order valence-corrected chi connectivity index (χ3v) is 6.65. The maximum Gasteiger partial charge on any atom is 0.274 e. The van der Waals surface area contributed by atoms with Crippen LogP contribution in [-0.4, -0.2) is 20.8 Å². The lowest BCUT2D eigenvalue weighted by atomic mass is 9.92. The van der Waals surface area contributed by atoms with Gasteiger partial charge in [-0.15, -0.1) is 0 Å². The van der Waals surface area contributed by atoms with Crippen LogP contribution in [0, 0.1) is 3.57 Å². The van der Waals surface area contributed by atoms with Gasteiger partial charge >= 0.3 is 0 Å². The Hall–Kier alpha value is -2.16. The van der Waals surface area contributed by atoms with Gasteiger partial charge in [-0.25, -0.2) is 4.68 Å². The van der Waals surface area contributed by atoms with E-state index in [0.29, 0.717) is 5.69 Å². The highest BCUT2D eigenvalue weighted by Crippen LogP contribution is 2.32. The summed E-state index contributed by atoms with van der Waals surface area (Å²) in [7, 11) is 0. The second-order valence-electron chi connectivity index (χ2n) is 7.47. The predicted octanol–water partition coefficient (Wildman–Crippen LogP) is 4.15. The van der Waals surface area contributed by atoms with Gasteiger partial charge in [0, 0.05) is 26.8 Å². The number of aryl methyl sites for hydroxylation is 1. The molecule has 28 heavy (non-hydrogen) atoms. The van der Waals surface area contributed by atoms with Crippen LogP contribution in [0.2, 0.25) is 0 Å². The smallest absolute Gasteiger partial charge is 0.274 e. The van der Waals surface area contributed by atoms with Crippen molar-refractivity contribution >= 4 is 28.5 Å². The molecule has 144 valence electrons. The summed E-state index contributed by atoms with van der Waals surface area (Å²) >= 11 is 2.34. The summed E-state index contributed by atoms with van der Waals surface area (Å²) in [5.41, 5.74) is 4.84. The average Bonchev–Trinajstić information content (AvgIpc) is 3.33. The maximum absolute atomic E-state index is 12.9. The van der Waals surface area contributed by atoms with Gasteiger partial charge in [0.15, 0.2) is 5.69 Å². The molecule has 2 aliphatic carbocycles. The Morgan fingerprint density at radius 3 is 2.93 bits per heavy atom. The van der Waals surface area contributed by atoms with E-state index in [4.69, 9.17) is 4.52 Å². The first-order valence-corrected chi connectivity index (χ1v) is 10.9. The summed E-state index contributed by atoms with van der Waals surface area (Å²) < 4.78 is 8.59. The van der Waals surface area contributed by atoms with Crippen LogP contribution < -0.4 is 5.32 Å². The molecular formula is C21H21IN4O2. The van der Waals surface area contributed by atoms with Crippen LogP contribution in [0.3, 0.4) is 0 Å². The van der Waals surface area contributed by atoms with E-state index in [0.717, 1.165) is 71.1 Å². The van der Waals surface area contributed by atoms with Crippen LogP contribution in [0.5, 0.6) is 0 Å². The summed E-state index contributed by atoms with van der Waals surface area (Å²) in [5, 5.41) is 11.9. The third kappa shape index (κ3) is 3.05. The Kier molecular flexibility index (Phi) is 4.70. The highest BCUT2D eigenvalue weighted by Gasteiger charge is 2.30. The van der Waals surface area contributed by atoms with E-state index in [1.54, 1.807) is 0 Å². The van der Waals surface area contributed by atoms with Crippen molar-refractivity contribution in [1.29, 1.82) is 0 Å². The zero-order chi connectivity index (χ0) is 19.1. The van der Waals surface area contributed by atoms with Crippen molar-refractivity contribution in [2.45, 2.75) is 51.0 Å². The van der Waals surface area contributed by atoms with Gasteiger partial charge in [0.05, 0.1) is 17.9 Å². The Bertz CT molecular complexity index is 1040. The first-order valence-electron chi connectivity index (χ1n) is 9.82. The fourth-order valence-electron chi connectivity index (χ4n) is 4.33. The summed E-state index contributed by atoms with van der Waals surface area (Å²) in [6.07, 6.45) is 8.75. The topological polar surface area (TPSA) is 73.0 Å². The van der Waals surface area contributed by atoms with Gasteiger partial charge in [-0.2, -0.15) is 5.10 Å². The Balaban J connectivity index is 1.42. The minimum Gasteiger partial charge on any atom is -0.360 e. The molecule has 5 rings (SSSR count). The number of nitrogens with one attached hydrogen (secondary N) is 1. The molecule has 1 unspecified atom stereocenters. The lowest BCUT2D eigenvalue weighted by molar-refractivity contribution is 0.0922. The van der Waals surface area contributed by atoms with Crippen LogP contribution in [-0.2, 0) is 19.3 Å². The summed E-state index contributed by atoms with van der Waals surface area (Å²) in [6, 6.07) is 8.19. The second kappa shape index (κ2) is 7.35. The number of rotatable bonds is 3. The highest BCUT2D eigenvalue weighted by molar-refractivity contribution is 14.1. The molecule has 0 bridgehead atoms. The lowest BCUT2D eigenvalue weighted by Gasteiger charge is -2.24. The molecule has 0 saturated carbocycles. The fourth-order valence-corrected chi connectivity index (χ4v) is 4.94. The van der Waals surface area contributed by atoms with Crippen molar-refractivity contribution in [3.8, 4) is 5.69 Å². The van der Waals surface area contributed by atoms with Crippen molar-refractivity contribution in [2.75, 3.05) is 0 Å². The van der Waals surface area contributed by atoms with Gasteiger partial charge in [0.2, 0.25) is 0 Å². The van der Waals surface area contributed by atoms with Crippen molar-refractivity contribution in [2.24, 2.45) is 0 Å². The van der Waals surface area contributed by atoms with Crippen molar-refractivity contribution in [3.05, 3.63) is 62.3 Å². The second-order valence-corrected chi connectivity index (χ2v) is 8.63. The number of amides is 1. The zero-order valence-corrected chi connectivity index (χ0v) is 17.6. The van der Waals surface area contributed by atoms with Crippen LogP contribution in [0.15, 0.2) is 35.0 Å². The first-order chi connectivity index (χ1) is 13.7. The van der Waals surface area contributed by atoms with Gasteiger partial charge < -0.3 is 9.84 Å². The van der Waals surface area contributed by atoms with Crippen molar-refractivity contribution in [3.63, 3.8) is 0 Å². The number of hydrogen-bond acceptors (Lipinski definition) is 4. The molecule has 0 fully saturated rings. The van der Waals surface area contributed by atoms with Gasteiger partial charge in [0.25, 0.3) is 5.91 Å². The molecule has 1 amide bonds. The van der Waals surface area contributed by atoms with Crippen molar-refractivity contribution < 1.29 is 9.32 Å². The summed E-state index contributed by atoms with van der Waals surface area (Å²) in [6.45, 7) is 0. The van der Waals surface area contributed by atoms with Crippen molar-refractivity contribution in [1.82, 2.24) is 20.3 Å². The van der Waals surface area contributed by atoms with Crippen LogP contribution in [0.4, 0.5) is 0 Å². The maximum atomic E-state index is 12.9. The quantitative estimate of drug-likeness (QED) is 0.563. The van der Waals surface area contributed by atoms with E-state index < -0.39 is 0 Å². The van der Waals surface area contributed by atoms with Gasteiger partial charge in [-0.05, 0) is 73.2 Å². The molecule has 0 saturated heterocycles. The van der Waals surface area contributed by atoms with E-state index in [-0.39, 0.29) is 11.9 Å². The van der Waals surface area contributed by atoms with E-state index in [9.17, 15) is 4.79 Å². The standard InChI is InChI=1S/C21H21IN4O2/c22-15-7-2-3-9-18(15)26-17-10-5-8-16(14(17)12-23-26)24-21(27)20-13-6-1-4-11-19(13)28-25-20/h2-3,7,9,12,16H,1,4-6,8,10-11H2,(H,24,27). The minimum atomic E-state index is -0.133. The van der Waals surface area contributed by atoms with Crippen LogP contribution in [0.1, 0.15) is 64.8 Å². The molecule has 0 aliphatic heterocycles. The Morgan fingerprint density at radius 1 is 1.18 bits per heavy atom. The summed E-state index contributed by atoms with van der Waals surface area (Å²) in [4.78, 5) is 12.9. The van der Waals surface area contributed by atoms with Gasteiger partial charge in [0.1, 0.15) is 5.76 Å². The number of fused-ring (bicyclic) bond motifs is 2. The molecule has 3 aromatic rings. The molecule has 0 spiro atoms. The van der Waals surface area contributed by atoms with Crippen LogP contribution in [0.25, 0.3) is 5.69 Å². The summed E-state index contributed by atoms with van der Waals surface area (Å²) in [5.74, 6) is 0.749. The molecule has 1 aromatic carbocycles. The van der Waals surface area contributed by atoms with Gasteiger partial charge in [-0.1, -0.05) is 17.3 Å². The largest absolute Gasteiger partial charge is 0.360 e. The fraction of sp³-hybridized carbons (Fsp3) is 0.381. The van der Waals surface area contributed by atoms with E-state index >= 15 is 0 Å². The molecule has 2 aliphatic rings. The molecule has 1 atom stereocenters. The number of aromatic nitrogens is 3. The molecule has 2 heterocycles. The van der Waals surface area contributed by atoms with E-state index in [1.807, 2.05) is 23.0 Å². The lowest BCUT2D eigenvalue weighted by Crippen LogP contribution is -2.32. The average molecular weight is 488 g/mol. The molecule has 7 heteroatoms. The zero-order valence-electron chi connectivity index (χ0n) is 15.4. The molecule has 0 radical (unpaired) electrons. The normalized spacial score (nSPS) is 18.4. The van der Waals surface area contributed by atoms with E-state index in [1.165, 1.54) is 5.69 Å². The number of carbonyl (C=O) groups is 1. The minimum absolute atomic E-state index is 0.0395. The SMILES string of the molecule is O=C(NC1CCCc2c1cnn2-c1ccccc1I)c1noc2c1CCCC2. The van der Waals surface area contributed by atoms with Crippen LogP contribution >= 0.6 is 22.6 Å². The number of para-hydroxylation sites is 1. The molecular weight excluding hydrogens is 467 g/mol. The molecule has 2 aromatic heterocycles. The molecule has 6 nitrogen and oxygen atoms in total. The predicted molar refractivity (Wildman–Crippen MR) is 113 cm³/mol. The highest BCUT2D eigenvalue weighted by atomic mass is 127. The third-order valence-electron chi connectivity index (χ3n) is 5.73.